The smallest absolute Gasteiger partial charge is 0.137 e. The van der Waals surface area contributed by atoms with E-state index in [-0.39, 0.29) is 6.04 Å². The number of ether oxygens (including phenoxy) is 1. The molecule has 0 saturated heterocycles. The van der Waals surface area contributed by atoms with E-state index in [1.807, 2.05) is 44.3 Å². The van der Waals surface area contributed by atoms with Crippen molar-refractivity contribution in [2.45, 2.75) is 32.7 Å². The SMILES string of the molecule is CCOc1ccc(CCc2cc3oc(C(C)N)cc3cn2)cc1. The molecule has 1 atom stereocenters. The van der Waals surface area contributed by atoms with Crippen LogP contribution in [0.5, 0.6) is 5.75 Å². The van der Waals surface area contributed by atoms with Gasteiger partial charge in [-0.05, 0) is 50.5 Å². The number of hydrogen-bond acceptors (Lipinski definition) is 4. The van der Waals surface area contributed by atoms with Gasteiger partial charge in [0, 0.05) is 23.3 Å². The fourth-order valence-electron chi connectivity index (χ4n) is 2.55. The van der Waals surface area contributed by atoms with E-state index in [4.69, 9.17) is 14.9 Å². The molecule has 120 valence electrons. The lowest BCUT2D eigenvalue weighted by Crippen LogP contribution is -2.02. The molecule has 0 saturated carbocycles. The minimum Gasteiger partial charge on any atom is -0.494 e. The molecule has 23 heavy (non-hydrogen) atoms. The van der Waals surface area contributed by atoms with Crippen molar-refractivity contribution in [2.24, 2.45) is 5.73 Å². The van der Waals surface area contributed by atoms with E-state index in [9.17, 15) is 0 Å². The van der Waals surface area contributed by atoms with Crippen LogP contribution in [0.25, 0.3) is 11.0 Å². The lowest BCUT2D eigenvalue weighted by molar-refractivity contribution is 0.340. The summed E-state index contributed by atoms with van der Waals surface area (Å²) in [6, 6.07) is 12.1. The summed E-state index contributed by atoms with van der Waals surface area (Å²) in [7, 11) is 0. The summed E-state index contributed by atoms with van der Waals surface area (Å²) in [5.41, 5.74) is 9.01. The lowest BCUT2D eigenvalue weighted by Gasteiger charge is -2.05. The Balaban J connectivity index is 1.68. The fourth-order valence-corrected chi connectivity index (χ4v) is 2.55. The van der Waals surface area contributed by atoms with Crippen molar-refractivity contribution in [3.05, 3.63) is 59.6 Å². The molecule has 2 heterocycles. The highest BCUT2D eigenvalue weighted by atomic mass is 16.5. The van der Waals surface area contributed by atoms with Gasteiger partial charge >= 0.3 is 0 Å². The van der Waals surface area contributed by atoms with E-state index in [0.717, 1.165) is 41.0 Å². The first kappa shape index (κ1) is 15.6. The number of nitrogens with zero attached hydrogens (tertiary/aromatic N) is 1. The van der Waals surface area contributed by atoms with Gasteiger partial charge in [-0.1, -0.05) is 12.1 Å². The fraction of sp³-hybridized carbons (Fsp3) is 0.316. The molecule has 3 rings (SSSR count). The van der Waals surface area contributed by atoms with Crippen LogP contribution in [-0.2, 0) is 12.8 Å². The van der Waals surface area contributed by atoms with E-state index in [2.05, 4.69) is 17.1 Å². The van der Waals surface area contributed by atoms with Gasteiger partial charge in [-0.15, -0.1) is 0 Å². The zero-order chi connectivity index (χ0) is 16.2. The Labute approximate surface area is 136 Å². The van der Waals surface area contributed by atoms with Gasteiger partial charge in [0.1, 0.15) is 17.1 Å². The number of rotatable bonds is 6. The molecule has 0 bridgehead atoms. The van der Waals surface area contributed by atoms with Crippen LogP contribution in [0.3, 0.4) is 0 Å². The van der Waals surface area contributed by atoms with Gasteiger partial charge < -0.3 is 14.9 Å². The maximum Gasteiger partial charge on any atom is 0.137 e. The van der Waals surface area contributed by atoms with Crippen LogP contribution in [0.15, 0.2) is 47.0 Å². The summed E-state index contributed by atoms with van der Waals surface area (Å²) in [6.07, 6.45) is 3.67. The van der Waals surface area contributed by atoms with Crippen molar-refractivity contribution in [3.8, 4) is 5.75 Å². The largest absolute Gasteiger partial charge is 0.494 e. The quantitative estimate of drug-likeness (QED) is 0.746. The third-order valence-electron chi connectivity index (χ3n) is 3.83. The summed E-state index contributed by atoms with van der Waals surface area (Å²) < 4.78 is 11.2. The molecule has 4 nitrogen and oxygen atoms in total. The summed E-state index contributed by atoms with van der Waals surface area (Å²) in [5.74, 6) is 1.71. The molecule has 0 aliphatic rings. The molecular formula is C19H22N2O2. The van der Waals surface area contributed by atoms with Gasteiger partial charge in [0.15, 0.2) is 0 Å². The molecule has 0 aliphatic carbocycles. The molecule has 3 aromatic rings. The van der Waals surface area contributed by atoms with Gasteiger partial charge in [-0.2, -0.15) is 0 Å². The number of fused-ring (bicyclic) bond motifs is 1. The van der Waals surface area contributed by atoms with Gasteiger partial charge in [0.05, 0.1) is 12.6 Å². The second-order valence-corrected chi connectivity index (χ2v) is 5.73. The predicted octanol–water partition coefficient (Wildman–Crippen LogP) is 4.03. The Hall–Kier alpha value is -2.33. The molecular weight excluding hydrogens is 288 g/mol. The molecule has 0 radical (unpaired) electrons. The molecule has 0 amide bonds. The van der Waals surface area contributed by atoms with E-state index in [1.54, 1.807) is 0 Å². The van der Waals surface area contributed by atoms with Crippen molar-refractivity contribution in [3.63, 3.8) is 0 Å². The highest BCUT2D eigenvalue weighted by Crippen LogP contribution is 2.23. The number of aryl methyl sites for hydroxylation is 2. The van der Waals surface area contributed by atoms with Crippen LogP contribution >= 0.6 is 0 Å². The van der Waals surface area contributed by atoms with Crippen molar-refractivity contribution in [2.75, 3.05) is 6.61 Å². The number of furan rings is 1. The number of benzene rings is 1. The molecule has 2 N–H and O–H groups in total. The summed E-state index contributed by atoms with van der Waals surface area (Å²) in [6.45, 7) is 4.59. The number of pyridine rings is 1. The standard InChI is InChI=1S/C19H22N2O2/c1-3-22-17-8-5-14(6-9-17)4-7-16-11-19-15(12-21-16)10-18(23-19)13(2)20/h5-6,8-13H,3-4,7,20H2,1-2H3. The monoisotopic (exact) mass is 310 g/mol. The lowest BCUT2D eigenvalue weighted by atomic mass is 10.1. The van der Waals surface area contributed by atoms with Crippen LogP contribution in [0.2, 0.25) is 0 Å². The van der Waals surface area contributed by atoms with Crippen LogP contribution in [0, 0.1) is 0 Å². The highest BCUT2D eigenvalue weighted by Gasteiger charge is 2.09. The number of hydrogen-bond donors (Lipinski definition) is 1. The molecule has 0 fully saturated rings. The third kappa shape index (κ3) is 3.71. The first-order chi connectivity index (χ1) is 11.2. The number of aromatic nitrogens is 1. The molecule has 0 spiro atoms. The van der Waals surface area contributed by atoms with E-state index in [0.29, 0.717) is 6.61 Å². The topological polar surface area (TPSA) is 61.3 Å². The van der Waals surface area contributed by atoms with E-state index in [1.165, 1.54) is 5.56 Å². The maximum absolute atomic E-state index is 5.86. The summed E-state index contributed by atoms with van der Waals surface area (Å²) >= 11 is 0. The number of nitrogens with two attached hydrogens (primary N) is 1. The second kappa shape index (κ2) is 6.84. The summed E-state index contributed by atoms with van der Waals surface area (Å²) in [4.78, 5) is 4.52. The first-order valence-electron chi connectivity index (χ1n) is 8.01. The Morgan fingerprint density at radius 2 is 1.96 bits per heavy atom. The van der Waals surface area contributed by atoms with Crippen LogP contribution < -0.4 is 10.5 Å². The molecule has 1 unspecified atom stereocenters. The average Bonchev–Trinajstić information content (AvgIpc) is 2.98. The Bertz CT molecular complexity index is 776. The Kier molecular flexibility index (Phi) is 4.63. The van der Waals surface area contributed by atoms with E-state index >= 15 is 0 Å². The van der Waals surface area contributed by atoms with Crippen molar-refractivity contribution >= 4 is 11.0 Å². The first-order valence-corrected chi connectivity index (χ1v) is 8.01. The molecule has 4 heteroatoms. The predicted molar refractivity (Wildman–Crippen MR) is 91.6 cm³/mol. The van der Waals surface area contributed by atoms with Crippen LogP contribution in [0.4, 0.5) is 0 Å². The minimum atomic E-state index is -0.102. The highest BCUT2D eigenvalue weighted by molar-refractivity contribution is 5.77. The van der Waals surface area contributed by atoms with Gasteiger partial charge in [0.2, 0.25) is 0 Å². The van der Waals surface area contributed by atoms with Crippen LogP contribution in [0.1, 0.15) is 36.9 Å². The zero-order valence-corrected chi connectivity index (χ0v) is 13.6. The Morgan fingerprint density at radius 3 is 2.65 bits per heavy atom. The third-order valence-corrected chi connectivity index (χ3v) is 3.83. The van der Waals surface area contributed by atoms with Gasteiger partial charge in [-0.3, -0.25) is 4.98 Å². The normalized spacial score (nSPS) is 12.5. The maximum atomic E-state index is 5.86. The molecule has 1 aromatic carbocycles. The van der Waals surface area contributed by atoms with Gasteiger partial charge in [-0.25, -0.2) is 0 Å². The van der Waals surface area contributed by atoms with E-state index < -0.39 is 0 Å². The average molecular weight is 310 g/mol. The zero-order valence-electron chi connectivity index (χ0n) is 13.6. The minimum absolute atomic E-state index is 0.102. The van der Waals surface area contributed by atoms with Crippen LogP contribution in [-0.4, -0.2) is 11.6 Å². The summed E-state index contributed by atoms with van der Waals surface area (Å²) in [5, 5.41) is 1.00. The molecule has 0 aliphatic heterocycles. The van der Waals surface area contributed by atoms with Crippen molar-refractivity contribution in [1.82, 2.24) is 4.98 Å². The second-order valence-electron chi connectivity index (χ2n) is 5.73. The molecule has 2 aromatic heterocycles. The van der Waals surface area contributed by atoms with Crippen molar-refractivity contribution < 1.29 is 9.15 Å². The van der Waals surface area contributed by atoms with Crippen molar-refractivity contribution in [1.29, 1.82) is 0 Å². The van der Waals surface area contributed by atoms with Gasteiger partial charge in [0.25, 0.3) is 0 Å². The Morgan fingerprint density at radius 1 is 1.17 bits per heavy atom.